The van der Waals surface area contributed by atoms with Gasteiger partial charge < -0.3 is 9.90 Å². The SMILES string of the molecule is O=C([O-])c1nc(-c2cccc(Br)c2)cs1. The van der Waals surface area contributed by atoms with E-state index in [-0.39, 0.29) is 5.01 Å². The van der Waals surface area contributed by atoms with E-state index in [0.717, 1.165) is 21.4 Å². The van der Waals surface area contributed by atoms with Crippen LogP contribution in [-0.4, -0.2) is 11.0 Å². The van der Waals surface area contributed by atoms with Gasteiger partial charge in [0.05, 0.1) is 5.69 Å². The van der Waals surface area contributed by atoms with Crippen LogP contribution in [0.2, 0.25) is 0 Å². The van der Waals surface area contributed by atoms with Gasteiger partial charge in [-0.15, -0.1) is 11.3 Å². The van der Waals surface area contributed by atoms with Crippen LogP contribution in [0, 0.1) is 0 Å². The molecule has 1 aromatic carbocycles. The molecule has 0 saturated carbocycles. The fourth-order valence-electron chi connectivity index (χ4n) is 1.15. The van der Waals surface area contributed by atoms with Gasteiger partial charge in [-0.25, -0.2) is 4.98 Å². The molecular formula is C10H5BrNO2S-. The van der Waals surface area contributed by atoms with E-state index in [2.05, 4.69) is 20.9 Å². The molecule has 0 fully saturated rings. The van der Waals surface area contributed by atoms with Gasteiger partial charge in [-0.1, -0.05) is 28.1 Å². The minimum Gasteiger partial charge on any atom is -0.542 e. The van der Waals surface area contributed by atoms with Gasteiger partial charge in [0.1, 0.15) is 11.0 Å². The Hall–Kier alpha value is -1.20. The van der Waals surface area contributed by atoms with Crippen LogP contribution in [0.1, 0.15) is 9.80 Å². The molecule has 1 aromatic heterocycles. The molecule has 0 saturated heterocycles. The zero-order valence-electron chi connectivity index (χ0n) is 7.44. The number of carbonyl (C=O) groups excluding carboxylic acids is 1. The molecule has 15 heavy (non-hydrogen) atoms. The topological polar surface area (TPSA) is 53.0 Å². The van der Waals surface area contributed by atoms with Gasteiger partial charge in [0.25, 0.3) is 0 Å². The van der Waals surface area contributed by atoms with Crippen molar-refractivity contribution in [3.8, 4) is 11.3 Å². The highest BCUT2D eigenvalue weighted by molar-refractivity contribution is 9.10. The van der Waals surface area contributed by atoms with Crippen molar-refractivity contribution in [3.05, 3.63) is 39.1 Å². The van der Waals surface area contributed by atoms with E-state index in [1.165, 1.54) is 0 Å². The Morgan fingerprint density at radius 1 is 1.47 bits per heavy atom. The maximum atomic E-state index is 10.5. The van der Waals surface area contributed by atoms with Crippen LogP contribution in [0.5, 0.6) is 0 Å². The Balaban J connectivity index is 2.41. The predicted octanol–water partition coefficient (Wildman–Crippen LogP) is 1.94. The van der Waals surface area contributed by atoms with E-state index in [0.29, 0.717) is 5.69 Å². The number of hydrogen-bond donors (Lipinski definition) is 0. The quantitative estimate of drug-likeness (QED) is 0.846. The van der Waals surface area contributed by atoms with Crippen molar-refractivity contribution in [2.45, 2.75) is 0 Å². The Kier molecular flexibility index (Phi) is 2.83. The van der Waals surface area contributed by atoms with E-state index >= 15 is 0 Å². The van der Waals surface area contributed by atoms with Crippen LogP contribution in [0.4, 0.5) is 0 Å². The zero-order chi connectivity index (χ0) is 10.8. The van der Waals surface area contributed by atoms with E-state index in [4.69, 9.17) is 0 Å². The van der Waals surface area contributed by atoms with Crippen LogP contribution in [-0.2, 0) is 0 Å². The van der Waals surface area contributed by atoms with Crippen LogP contribution in [0.15, 0.2) is 34.1 Å². The molecule has 1 heterocycles. The number of carbonyl (C=O) groups is 1. The van der Waals surface area contributed by atoms with Gasteiger partial charge in [0.15, 0.2) is 0 Å². The summed E-state index contributed by atoms with van der Waals surface area (Å²) in [6.45, 7) is 0. The molecule has 2 aromatic rings. The minimum atomic E-state index is -1.23. The number of aromatic nitrogens is 1. The number of aromatic carboxylic acids is 1. The zero-order valence-corrected chi connectivity index (χ0v) is 9.84. The van der Waals surface area contributed by atoms with E-state index in [1.54, 1.807) is 5.38 Å². The van der Waals surface area contributed by atoms with Gasteiger partial charge in [-0.3, -0.25) is 0 Å². The van der Waals surface area contributed by atoms with E-state index in [1.807, 2.05) is 24.3 Å². The molecule has 0 atom stereocenters. The van der Waals surface area contributed by atoms with Crippen molar-refractivity contribution in [1.82, 2.24) is 4.98 Å². The standard InChI is InChI=1S/C10H6BrNO2S/c11-7-3-1-2-6(4-7)8-5-15-9(12-8)10(13)14/h1-5H,(H,13,14)/p-1. The summed E-state index contributed by atoms with van der Waals surface area (Å²) < 4.78 is 0.933. The van der Waals surface area contributed by atoms with Crippen molar-refractivity contribution < 1.29 is 9.90 Å². The van der Waals surface area contributed by atoms with Crippen molar-refractivity contribution in [2.24, 2.45) is 0 Å². The van der Waals surface area contributed by atoms with Gasteiger partial charge >= 0.3 is 0 Å². The summed E-state index contributed by atoms with van der Waals surface area (Å²) in [5.74, 6) is -1.23. The van der Waals surface area contributed by atoms with Crippen molar-refractivity contribution >= 4 is 33.2 Å². The number of benzene rings is 1. The molecule has 0 aliphatic heterocycles. The lowest BCUT2D eigenvalue weighted by Crippen LogP contribution is -2.21. The number of thiazole rings is 1. The number of nitrogens with zero attached hydrogens (tertiary/aromatic N) is 1. The molecule has 76 valence electrons. The second kappa shape index (κ2) is 4.12. The van der Waals surface area contributed by atoms with Crippen molar-refractivity contribution in [3.63, 3.8) is 0 Å². The van der Waals surface area contributed by atoms with Gasteiger partial charge in [0, 0.05) is 15.4 Å². The van der Waals surface area contributed by atoms with Gasteiger partial charge in [-0.05, 0) is 12.1 Å². The highest BCUT2D eigenvalue weighted by Gasteiger charge is 2.04. The maximum Gasteiger partial charge on any atom is 0.139 e. The summed E-state index contributed by atoms with van der Waals surface area (Å²) in [7, 11) is 0. The summed E-state index contributed by atoms with van der Waals surface area (Å²) in [4.78, 5) is 14.5. The molecule has 0 amide bonds. The lowest BCUT2D eigenvalue weighted by atomic mass is 10.2. The van der Waals surface area contributed by atoms with Crippen molar-refractivity contribution in [1.29, 1.82) is 0 Å². The normalized spacial score (nSPS) is 10.2. The van der Waals surface area contributed by atoms with Gasteiger partial charge in [-0.2, -0.15) is 0 Å². The third-order valence-electron chi connectivity index (χ3n) is 1.80. The summed E-state index contributed by atoms with van der Waals surface area (Å²) in [5.41, 5.74) is 1.54. The van der Waals surface area contributed by atoms with Crippen molar-refractivity contribution in [2.75, 3.05) is 0 Å². The summed E-state index contributed by atoms with van der Waals surface area (Å²) in [5, 5.41) is 12.2. The summed E-state index contributed by atoms with van der Waals surface area (Å²) in [6, 6.07) is 7.53. The number of carboxylic acid groups (broad SMARTS) is 1. The summed E-state index contributed by atoms with van der Waals surface area (Å²) in [6.07, 6.45) is 0. The Morgan fingerprint density at radius 2 is 2.27 bits per heavy atom. The van der Waals surface area contributed by atoms with Crippen LogP contribution in [0.25, 0.3) is 11.3 Å². The van der Waals surface area contributed by atoms with Crippen LogP contribution in [0.3, 0.4) is 0 Å². The molecule has 0 unspecified atom stereocenters. The first-order valence-electron chi connectivity index (χ1n) is 4.09. The smallest absolute Gasteiger partial charge is 0.139 e. The largest absolute Gasteiger partial charge is 0.542 e. The Morgan fingerprint density at radius 3 is 2.87 bits per heavy atom. The first kappa shape index (κ1) is 10.3. The van der Waals surface area contributed by atoms with E-state index < -0.39 is 5.97 Å². The molecule has 0 aliphatic rings. The molecule has 0 spiro atoms. The monoisotopic (exact) mass is 282 g/mol. The van der Waals surface area contributed by atoms with E-state index in [9.17, 15) is 9.90 Å². The Bertz CT molecular complexity index is 510. The molecule has 3 nitrogen and oxygen atoms in total. The molecule has 5 heteroatoms. The Labute approximate surface area is 98.5 Å². The number of hydrogen-bond acceptors (Lipinski definition) is 4. The molecule has 0 aliphatic carbocycles. The molecule has 0 N–H and O–H groups in total. The number of halogens is 1. The highest BCUT2D eigenvalue weighted by Crippen LogP contribution is 2.24. The number of carboxylic acids is 1. The average molecular weight is 283 g/mol. The first-order valence-corrected chi connectivity index (χ1v) is 5.77. The third kappa shape index (κ3) is 2.24. The predicted molar refractivity (Wildman–Crippen MR) is 59.6 cm³/mol. The molecule has 2 rings (SSSR count). The lowest BCUT2D eigenvalue weighted by molar-refractivity contribution is -0.255. The van der Waals surface area contributed by atoms with Crippen LogP contribution >= 0.6 is 27.3 Å². The van der Waals surface area contributed by atoms with Gasteiger partial charge in [0.2, 0.25) is 0 Å². The second-order valence-electron chi connectivity index (χ2n) is 2.84. The first-order chi connectivity index (χ1) is 7.16. The van der Waals surface area contributed by atoms with Crippen LogP contribution < -0.4 is 5.11 Å². The minimum absolute atomic E-state index is 0.00461. The average Bonchev–Trinajstić information content (AvgIpc) is 2.66. The second-order valence-corrected chi connectivity index (χ2v) is 4.61. The fourth-order valence-corrected chi connectivity index (χ4v) is 2.21. The maximum absolute atomic E-state index is 10.5. The number of rotatable bonds is 2. The fraction of sp³-hybridized carbons (Fsp3) is 0. The third-order valence-corrected chi connectivity index (χ3v) is 3.11. The highest BCUT2D eigenvalue weighted by atomic mass is 79.9. The molecule has 0 radical (unpaired) electrons. The summed E-state index contributed by atoms with van der Waals surface area (Å²) >= 11 is 4.41. The lowest BCUT2D eigenvalue weighted by Gasteiger charge is -1.97. The molecular weight excluding hydrogens is 278 g/mol. The molecule has 0 bridgehead atoms.